The number of benzene rings is 1. The van der Waals surface area contributed by atoms with Gasteiger partial charge in [-0.15, -0.1) is 0 Å². The molecule has 2 aliphatic rings. The molecule has 0 aliphatic carbocycles. The van der Waals surface area contributed by atoms with Crippen molar-refractivity contribution < 1.29 is 27.9 Å². The highest BCUT2D eigenvalue weighted by Gasteiger charge is 2.48. The molecule has 2 heterocycles. The number of aliphatic carboxylic acids is 1. The molecule has 1 aromatic carbocycles. The molecule has 0 bridgehead atoms. The van der Waals surface area contributed by atoms with Crippen LogP contribution >= 0.6 is 11.8 Å². The number of amidine groups is 1. The molecular weight excluding hydrogens is 404 g/mol. The average Bonchev–Trinajstić information content (AvgIpc) is 3.07. The zero-order valence-electron chi connectivity index (χ0n) is 15.4. The molecule has 152 valence electrons. The van der Waals surface area contributed by atoms with Gasteiger partial charge in [-0.2, -0.15) is 4.99 Å². The topological polar surface area (TPSA) is 113 Å². The molecule has 0 saturated carbocycles. The first kappa shape index (κ1) is 20.7. The van der Waals surface area contributed by atoms with Crippen molar-refractivity contribution in [3.8, 4) is 5.75 Å². The molecular formula is C18H22N2O6S2. The molecule has 3 rings (SSSR count). The lowest BCUT2D eigenvalue weighted by Crippen LogP contribution is -2.37. The van der Waals surface area contributed by atoms with Crippen LogP contribution in [0.2, 0.25) is 0 Å². The Morgan fingerprint density at radius 1 is 1.29 bits per heavy atom. The summed E-state index contributed by atoms with van der Waals surface area (Å²) >= 11 is 1.31. The third kappa shape index (κ3) is 4.85. The van der Waals surface area contributed by atoms with E-state index in [1.807, 2.05) is 29.2 Å². The summed E-state index contributed by atoms with van der Waals surface area (Å²) in [7, 11) is -1.55. The first-order valence-corrected chi connectivity index (χ1v) is 11.6. The van der Waals surface area contributed by atoms with E-state index >= 15 is 0 Å². The van der Waals surface area contributed by atoms with Gasteiger partial charge < -0.3 is 14.7 Å². The third-order valence-corrected chi connectivity index (χ3v) is 7.96. The maximum atomic E-state index is 12.2. The number of carbonyl (C=O) groups excluding carboxylic acids is 1. The van der Waals surface area contributed by atoms with Crippen LogP contribution in [0.1, 0.15) is 24.8 Å². The lowest BCUT2D eigenvalue weighted by atomic mass is 10.1. The van der Waals surface area contributed by atoms with Gasteiger partial charge in [0.25, 0.3) is 0 Å². The van der Waals surface area contributed by atoms with E-state index in [9.17, 15) is 18.0 Å². The van der Waals surface area contributed by atoms with Gasteiger partial charge in [-0.25, -0.2) is 8.42 Å². The van der Waals surface area contributed by atoms with E-state index in [1.165, 1.54) is 11.8 Å². The van der Waals surface area contributed by atoms with Gasteiger partial charge in [-0.1, -0.05) is 30.0 Å². The molecule has 28 heavy (non-hydrogen) atoms. The monoisotopic (exact) mass is 426 g/mol. The second-order valence-electron chi connectivity index (χ2n) is 6.78. The van der Waals surface area contributed by atoms with Crippen molar-refractivity contribution in [2.45, 2.75) is 37.1 Å². The van der Waals surface area contributed by atoms with E-state index in [4.69, 9.17) is 9.84 Å². The van der Waals surface area contributed by atoms with Crippen LogP contribution in [0.3, 0.4) is 0 Å². The highest BCUT2D eigenvalue weighted by Crippen LogP contribution is 2.39. The second-order valence-corrected chi connectivity index (χ2v) is 10.1. The molecule has 1 N–H and O–H groups in total. The van der Waals surface area contributed by atoms with Crippen molar-refractivity contribution in [3.05, 3.63) is 29.8 Å². The van der Waals surface area contributed by atoms with Gasteiger partial charge in [0, 0.05) is 30.2 Å². The quantitative estimate of drug-likeness (QED) is 0.699. The molecule has 2 fully saturated rings. The SMILES string of the molecule is COc1ccccc1CN1C(=NC(=O)CCCC(=O)O)SC2CS(=O)(=O)CC21. The van der Waals surface area contributed by atoms with Gasteiger partial charge in [0.15, 0.2) is 15.0 Å². The first-order chi connectivity index (χ1) is 13.3. The number of carbonyl (C=O) groups is 2. The Morgan fingerprint density at radius 3 is 2.75 bits per heavy atom. The van der Waals surface area contributed by atoms with Gasteiger partial charge >= 0.3 is 5.97 Å². The highest BCUT2D eigenvalue weighted by molar-refractivity contribution is 8.15. The Hall–Kier alpha value is -2.07. The van der Waals surface area contributed by atoms with Gasteiger partial charge in [0.1, 0.15) is 5.75 Å². The van der Waals surface area contributed by atoms with Crippen molar-refractivity contribution >= 4 is 38.6 Å². The minimum atomic E-state index is -3.12. The molecule has 8 nitrogen and oxygen atoms in total. The number of para-hydroxylation sites is 1. The lowest BCUT2D eigenvalue weighted by Gasteiger charge is -2.25. The standard InChI is InChI=1S/C18H22N2O6S2/c1-26-14-6-3-2-5-12(14)9-20-13-10-28(24,25)11-15(13)27-18(20)19-16(21)7-4-8-17(22)23/h2-3,5-6,13,15H,4,7-11H2,1H3,(H,22,23). The number of fused-ring (bicyclic) bond motifs is 1. The van der Waals surface area contributed by atoms with Gasteiger partial charge in [0.05, 0.1) is 24.7 Å². The Balaban J connectivity index is 1.81. The Morgan fingerprint density at radius 2 is 2.04 bits per heavy atom. The molecule has 2 atom stereocenters. The fraction of sp³-hybridized carbons (Fsp3) is 0.500. The Labute approximate surface area is 167 Å². The fourth-order valence-electron chi connectivity index (χ4n) is 3.39. The second kappa shape index (κ2) is 8.52. The lowest BCUT2D eigenvalue weighted by molar-refractivity contribution is -0.137. The molecule has 0 spiro atoms. The van der Waals surface area contributed by atoms with Crippen LogP contribution in [-0.4, -0.2) is 65.4 Å². The molecule has 1 aromatic rings. The summed E-state index contributed by atoms with van der Waals surface area (Å²) in [5.41, 5.74) is 0.876. The predicted octanol–water partition coefficient (Wildman–Crippen LogP) is 1.55. The maximum Gasteiger partial charge on any atom is 0.303 e. The number of nitrogens with zero attached hydrogens (tertiary/aromatic N) is 2. The van der Waals surface area contributed by atoms with Crippen LogP contribution in [0.15, 0.2) is 29.3 Å². The molecule has 0 radical (unpaired) electrons. The number of amides is 1. The molecule has 2 aliphatic heterocycles. The van der Waals surface area contributed by atoms with Gasteiger partial charge in [-0.3, -0.25) is 9.59 Å². The van der Waals surface area contributed by atoms with Crippen LogP contribution in [0, 0.1) is 0 Å². The van der Waals surface area contributed by atoms with E-state index in [2.05, 4.69) is 4.99 Å². The van der Waals surface area contributed by atoms with Crippen molar-refractivity contribution in [2.75, 3.05) is 18.6 Å². The zero-order chi connectivity index (χ0) is 20.3. The molecule has 1 amide bonds. The number of aliphatic imine (C=N–C) groups is 1. The minimum Gasteiger partial charge on any atom is -0.496 e. The summed E-state index contributed by atoms with van der Waals surface area (Å²) in [5.74, 6) is -0.558. The van der Waals surface area contributed by atoms with E-state index in [-0.39, 0.29) is 42.1 Å². The number of methoxy groups -OCH3 is 1. The van der Waals surface area contributed by atoms with E-state index < -0.39 is 21.7 Å². The van der Waals surface area contributed by atoms with Crippen LogP contribution < -0.4 is 4.74 Å². The number of carboxylic acids is 1. The summed E-state index contributed by atoms with van der Waals surface area (Å²) in [6.07, 6.45) is 0.188. The number of thioether (sulfide) groups is 1. The van der Waals surface area contributed by atoms with Crippen molar-refractivity contribution in [1.29, 1.82) is 0 Å². The van der Waals surface area contributed by atoms with Gasteiger partial charge in [-0.05, 0) is 12.5 Å². The van der Waals surface area contributed by atoms with E-state index in [1.54, 1.807) is 7.11 Å². The van der Waals surface area contributed by atoms with Crippen LogP contribution in [-0.2, 0) is 26.0 Å². The number of hydrogen-bond acceptors (Lipinski definition) is 6. The molecule has 2 unspecified atom stereocenters. The largest absolute Gasteiger partial charge is 0.496 e. The van der Waals surface area contributed by atoms with Crippen LogP contribution in [0.4, 0.5) is 0 Å². The predicted molar refractivity (Wildman–Crippen MR) is 106 cm³/mol. The van der Waals surface area contributed by atoms with Crippen molar-refractivity contribution in [1.82, 2.24) is 4.90 Å². The van der Waals surface area contributed by atoms with Crippen LogP contribution in [0.5, 0.6) is 5.75 Å². The average molecular weight is 427 g/mol. The first-order valence-electron chi connectivity index (χ1n) is 8.88. The molecule has 2 saturated heterocycles. The summed E-state index contributed by atoms with van der Waals surface area (Å²) in [6, 6.07) is 7.20. The number of carboxylic acid groups (broad SMARTS) is 1. The third-order valence-electron chi connectivity index (χ3n) is 4.71. The van der Waals surface area contributed by atoms with Crippen molar-refractivity contribution in [3.63, 3.8) is 0 Å². The minimum absolute atomic E-state index is 0.0338. The highest BCUT2D eigenvalue weighted by atomic mass is 32.2. The summed E-state index contributed by atoms with van der Waals surface area (Å²) < 4.78 is 29.5. The smallest absolute Gasteiger partial charge is 0.303 e. The number of rotatable bonds is 7. The van der Waals surface area contributed by atoms with E-state index in [0.29, 0.717) is 17.5 Å². The Kier molecular flexibility index (Phi) is 6.29. The molecule has 0 aromatic heterocycles. The summed E-state index contributed by atoms with van der Waals surface area (Å²) in [5, 5.41) is 9.03. The van der Waals surface area contributed by atoms with Crippen LogP contribution in [0.25, 0.3) is 0 Å². The fourth-order valence-corrected chi connectivity index (χ4v) is 7.36. The summed E-state index contributed by atoms with van der Waals surface area (Å²) in [4.78, 5) is 28.8. The summed E-state index contributed by atoms with van der Waals surface area (Å²) in [6.45, 7) is 0.384. The molecule has 10 heteroatoms. The maximum absolute atomic E-state index is 12.2. The van der Waals surface area contributed by atoms with E-state index in [0.717, 1.165) is 5.56 Å². The Bertz CT molecular complexity index is 899. The number of sulfone groups is 1. The number of hydrogen-bond donors (Lipinski definition) is 1. The van der Waals surface area contributed by atoms with Gasteiger partial charge in [0.2, 0.25) is 5.91 Å². The number of ether oxygens (including phenoxy) is 1. The zero-order valence-corrected chi connectivity index (χ0v) is 17.0. The normalized spacial score (nSPS) is 24.3. The van der Waals surface area contributed by atoms with Crippen molar-refractivity contribution in [2.24, 2.45) is 4.99 Å².